The van der Waals surface area contributed by atoms with Crippen molar-refractivity contribution in [1.82, 2.24) is 9.88 Å². The van der Waals surface area contributed by atoms with Gasteiger partial charge in [-0.15, -0.1) is 0 Å². The second-order valence-electron chi connectivity index (χ2n) is 6.39. The van der Waals surface area contributed by atoms with Crippen LogP contribution in [-0.4, -0.2) is 35.5 Å². The summed E-state index contributed by atoms with van der Waals surface area (Å²) in [6, 6.07) is 15.8. The van der Waals surface area contributed by atoms with Crippen LogP contribution in [0.15, 0.2) is 60.9 Å². The predicted molar refractivity (Wildman–Crippen MR) is 105 cm³/mol. The number of pyridine rings is 1. The number of aromatic nitrogens is 1. The molecule has 26 heavy (non-hydrogen) atoms. The van der Waals surface area contributed by atoms with Crippen molar-refractivity contribution in [1.29, 1.82) is 0 Å². The van der Waals surface area contributed by atoms with E-state index in [1.54, 1.807) is 19.5 Å². The molecular weight excluding hydrogens is 324 g/mol. The molecule has 1 atom stereocenters. The van der Waals surface area contributed by atoms with Gasteiger partial charge < -0.3 is 9.64 Å². The number of nitrogens with zero attached hydrogens (tertiary/aromatic N) is 2. The van der Waals surface area contributed by atoms with Crippen LogP contribution in [0, 0.1) is 0 Å². The van der Waals surface area contributed by atoms with E-state index in [1.165, 1.54) is 5.56 Å². The van der Waals surface area contributed by atoms with Crippen molar-refractivity contribution in [2.75, 3.05) is 13.7 Å². The maximum absolute atomic E-state index is 13.2. The Morgan fingerprint density at radius 3 is 2.62 bits per heavy atom. The molecule has 1 unspecified atom stereocenters. The standard InChI is InChI=1S/C22H24N2O2/c1-4-24(16(2)14-17-8-10-19(26-3)11-9-17)22(25)21-7-5-6-18-15-23-13-12-20(18)21/h5-13,15-16H,4,14H2,1-3H3. The molecule has 0 aliphatic rings. The molecule has 2 aromatic carbocycles. The molecule has 1 aromatic heterocycles. The number of carbonyl (C=O) groups is 1. The van der Waals surface area contributed by atoms with Gasteiger partial charge in [0.1, 0.15) is 5.75 Å². The smallest absolute Gasteiger partial charge is 0.254 e. The third kappa shape index (κ3) is 3.69. The number of methoxy groups -OCH3 is 1. The van der Waals surface area contributed by atoms with Crippen LogP contribution in [-0.2, 0) is 6.42 Å². The molecule has 0 radical (unpaired) electrons. The number of hydrogen-bond acceptors (Lipinski definition) is 3. The van der Waals surface area contributed by atoms with Crippen molar-refractivity contribution < 1.29 is 9.53 Å². The second-order valence-corrected chi connectivity index (χ2v) is 6.39. The van der Waals surface area contributed by atoms with Crippen molar-refractivity contribution in [3.8, 4) is 5.75 Å². The topological polar surface area (TPSA) is 42.4 Å². The first-order valence-corrected chi connectivity index (χ1v) is 8.90. The minimum atomic E-state index is 0.0605. The second kappa shape index (κ2) is 8.00. The summed E-state index contributed by atoms with van der Waals surface area (Å²) in [6.07, 6.45) is 4.33. The molecule has 4 nitrogen and oxygen atoms in total. The minimum absolute atomic E-state index is 0.0605. The zero-order valence-corrected chi connectivity index (χ0v) is 15.5. The molecule has 0 saturated carbocycles. The summed E-state index contributed by atoms with van der Waals surface area (Å²) in [4.78, 5) is 19.3. The van der Waals surface area contributed by atoms with E-state index in [0.29, 0.717) is 6.54 Å². The van der Waals surface area contributed by atoms with Crippen LogP contribution in [0.3, 0.4) is 0 Å². The minimum Gasteiger partial charge on any atom is -0.497 e. The van der Waals surface area contributed by atoms with Gasteiger partial charge in [0.05, 0.1) is 7.11 Å². The predicted octanol–water partition coefficient (Wildman–Crippen LogP) is 4.34. The van der Waals surface area contributed by atoms with Crippen LogP contribution in [0.25, 0.3) is 10.8 Å². The van der Waals surface area contributed by atoms with E-state index in [4.69, 9.17) is 4.74 Å². The summed E-state index contributed by atoms with van der Waals surface area (Å²) in [6.45, 7) is 4.78. The molecule has 4 heteroatoms. The highest BCUT2D eigenvalue weighted by Gasteiger charge is 2.21. The lowest BCUT2D eigenvalue weighted by atomic mass is 10.0. The van der Waals surface area contributed by atoms with Gasteiger partial charge in [0, 0.05) is 35.9 Å². The van der Waals surface area contributed by atoms with E-state index >= 15 is 0 Å². The summed E-state index contributed by atoms with van der Waals surface area (Å²) in [7, 11) is 1.66. The van der Waals surface area contributed by atoms with E-state index in [0.717, 1.165) is 28.5 Å². The zero-order chi connectivity index (χ0) is 18.5. The molecule has 0 fully saturated rings. The Labute approximate surface area is 154 Å². The molecule has 0 bridgehead atoms. The van der Waals surface area contributed by atoms with E-state index in [9.17, 15) is 4.79 Å². The third-order valence-electron chi connectivity index (χ3n) is 4.73. The van der Waals surface area contributed by atoms with Crippen LogP contribution in [0.5, 0.6) is 5.75 Å². The Kier molecular flexibility index (Phi) is 5.52. The Morgan fingerprint density at radius 2 is 1.92 bits per heavy atom. The molecule has 0 saturated heterocycles. The lowest BCUT2D eigenvalue weighted by Gasteiger charge is -2.29. The normalized spacial score (nSPS) is 12.0. The molecule has 3 aromatic rings. The molecule has 0 aliphatic heterocycles. The van der Waals surface area contributed by atoms with Crippen molar-refractivity contribution in [3.05, 3.63) is 72.1 Å². The van der Waals surface area contributed by atoms with Gasteiger partial charge in [0.25, 0.3) is 5.91 Å². The fourth-order valence-electron chi connectivity index (χ4n) is 3.33. The zero-order valence-electron chi connectivity index (χ0n) is 15.5. The number of hydrogen-bond donors (Lipinski definition) is 0. The summed E-state index contributed by atoms with van der Waals surface area (Å²) in [5, 5.41) is 1.93. The highest BCUT2D eigenvalue weighted by atomic mass is 16.5. The largest absolute Gasteiger partial charge is 0.497 e. The summed E-state index contributed by atoms with van der Waals surface area (Å²) in [5.41, 5.74) is 1.92. The molecule has 0 aliphatic carbocycles. The number of fused-ring (bicyclic) bond motifs is 1. The van der Waals surface area contributed by atoms with E-state index in [1.807, 2.05) is 48.2 Å². The SMILES string of the molecule is CCN(C(=O)c1cccc2cnccc12)C(C)Cc1ccc(OC)cc1. The highest BCUT2D eigenvalue weighted by molar-refractivity contribution is 6.06. The van der Waals surface area contributed by atoms with Gasteiger partial charge in [0.15, 0.2) is 0 Å². The lowest BCUT2D eigenvalue weighted by Crippen LogP contribution is -2.39. The quantitative estimate of drug-likeness (QED) is 0.665. The van der Waals surface area contributed by atoms with Crippen molar-refractivity contribution in [3.63, 3.8) is 0 Å². The number of likely N-dealkylation sites (N-methyl/N-ethyl adjacent to an activating group) is 1. The van der Waals surface area contributed by atoms with Gasteiger partial charge in [-0.1, -0.05) is 24.3 Å². The lowest BCUT2D eigenvalue weighted by molar-refractivity contribution is 0.0705. The molecule has 3 rings (SSSR count). The number of ether oxygens (including phenoxy) is 1. The summed E-state index contributed by atoms with van der Waals surface area (Å²) >= 11 is 0. The fourth-order valence-corrected chi connectivity index (χ4v) is 3.33. The summed E-state index contributed by atoms with van der Waals surface area (Å²) in [5.74, 6) is 0.902. The van der Waals surface area contributed by atoms with Gasteiger partial charge >= 0.3 is 0 Å². The maximum atomic E-state index is 13.2. The van der Waals surface area contributed by atoms with Crippen LogP contribution < -0.4 is 4.74 Å². The van der Waals surface area contributed by atoms with Gasteiger partial charge in [0.2, 0.25) is 0 Å². The van der Waals surface area contributed by atoms with Crippen LogP contribution in [0.4, 0.5) is 0 Å². The monoisotopic (exact) mass is 348 g/mol. The van der Waals surface area contributed by atoms with E-state index < -0.39 is 0 Å². The van der Waals surface area contributed by atoms with Crippen LogP contribution >= 0.6 is 0 Å². The summed E-state index contributed by atoms with van der Waals surface area (Å²) < 4.78 is 5.21. The van der Waals surface area contributed by atoms with Crippen molar-refractivity contribution in [2.45, 2.75) is 26.3 Å². The highest BCUT2D eigenvalue weighted by Crippen LogP contribution is 2.21. The first-order valence-electron chi connectivity index (χ1n) is 8.90. The third-order valence-corrected chi connectivity index (χ3v) is 4.73. The van der Waals surface area contributed by atoms with Gasteiger partial charge in [-0.3, -0.25) is 9.78 Å². The Bertz CT molecular complexity index is 885. The number of amides is 1. The Balaban J connectivity index is 1.83. The Morgan fingerprint density at radius 1 is 1.15 bits per heavy atom. The number of carbonyl (C=O) groups excluding carboxylic acids is 1. The maximum Gasteiger partial charge on any atom is 0.254 e. The average molecular weight is 348 g/mol. The molecule has 0 N–H and O–H groups in total. The van der Waals surface area contributed by atoms with Crippen molar-refractivity contribution >= 4 is 16.7 Å². The first kappa shape index (κ1) is 17.9. The van der Waals surface area contributed by atoms with Crippen LogP contribution in [0.2, 0.25) is 0 Å². The molecule has 1 heterocycles. The number of benzene rings is 2. The van der Waals surface area contributed by atoms with Gasteiger partial charge in [-0.2, -0.15) is 0 Å². The van der Waals surface area contributed by atoms with E-state index in [2.05, 4.69) is 24.0 Å². The van der Waals surface area contributed by atoms with Gasteiger partial charge in [-0.05, 0) is 55.5 Å². The van der Waals surface area contributed by atoms with Crippen LogP contribution in [0.1, 0.15) is 29.8 Å². The first-order chi connectivity index (χ1) is 12.6. The van der Waals surface area contributed by atoms with Gasteiger partial charge in [-0.25, -0.2) is 0 Å². The molecule has 1 amide bonds. The van der Waals surface area contributed by atoms with E-state index in [-0.39, 0.29) is 11.9 Å². The molecule has 134 valence electrons. The Hall–Kier alpha value is -2.88. The molecular formula is C22H24N2O2. The molecule has 0 spiro atoms. The average Bonchev–Trinajstić information content (AvgIpc) is 2.68. The van der Waals surface area contributed by atoms with Crippen molar-refractivity contribution in [2.24, 2.45) is 0 Å². The number of rotatable bonds is 6. The fraction of sp³-hybridized carbons (Fsp3) is 0.273.